The molecule has 0 saturated heterocycles. The van der Waals surface area contributed by atoms with E-state index in [1.165, 1.54) is 61.3 Å². The van der Waals surface area contributed by atoms with Crippen molar-refractivity contribution in [2.45, 2.75) is 11.8 Å². The first-order chi connectivity index (χ1) is 14.1. The summed E-state index contributed by atoms with van der Waals surface area (Å²) in [5, 5.41) is 4.63. The highest BCUT2D eigenvalue weighted by atomic mass is 35.5. The average Bonchev–Trinajstić information content (AvgIpc) is 3.00. The predicted molar refractivity (Wildman–Crippen MR) is 114 cm³/mol. The standard InChI is InChI=1S/C21H19ClFN3O3S/c1-14-19(21(22)26(24-14)17-8-6-16(23)7-9-17)12-13-20(27)15-4-10-18(11-5-15)30(28,29)25(2)3/h4-13H,1-3H3/b13-12+. The molecule has 0 aliphatic heterocycles. The van der Waals surface area contributed by atoms with Gasteiger partial charge in [-0.1, -0.05) is 11.6 Å². The Balaban J connectivity index is 1.84. The Morgan fingerprint density at radius 2 is 1.70 bits per heavy atom. The summed E-state index contributed by atoms with van der Waals surface area (Å²) in [6, 6.07) is 11.4. The minimum atomic E-state index is -3.56. The SMILES string of the molecule is Cc1nn(-c2ccc(F)cc2)c(Cl)c1/C=C/C(=O)c1ccc(S(=O)(=O)N(C)C)cc1. The van der Waals surface area contributed by atoms with Crippen LogP contribution in [0.1, 0.15) is 21.6 Å². The molecule has 0 bridgehead atoms. The summed E-state index contributed by atoms with van der Waals surface area (Å²) in [5.74, 6) is -0.678. The number of aromatic nitrogens is 2. The third kappa shape index (κ3) is 4.35. The normalized spacial score (nSPS) is 12.1. The number of carbonyl (C=O) groups excluding carboxylic acids is 1. The van der Waals surface area contributed by atoms with Gasteiger partial charge < -0.3 is 0 Å². The van der Waals surface area contributed by atoms with E-state index in [9.17, 15) is 17.6 Å². The maximum absolute atomic E-state index is 13.1. The van der Waals surface area contributed by atoms with Crippen molar-refractivity contribution in [1.82, 2.24) is 14.1 Å². The number of benzene rings is 2. The molecule has 0 unspecified atom stereocenters. The van der Waals surface area contributed by atoms with E-state index >= 15 is 0 Å². The number of halogens is 2. The van der Waals surface area contributed by atoms with Crippen molar-refractivity contribution < 1.29 is 17.6 Å². The largest absolute Gasteiger partial charge is 0.289 e. The van der Waals surface area contributed by atoms with Gasteiger partial charge in [0.05, 0.1) is 16.3 Å². The van der Waals surface area contributed by atoms with Crippen LogP contribution in [-0.4, -0.2) is 42.4 Å². The fourth-order valence-corrected chi connectivity index (χ4v) is 3.95. The Morgan fingerprint density at radius 3 is 2.27 bits per heavy atom. The monoisotopic (exact) mass is 447 g/mol. The smallest absolute Gasteiger partial charge is 0.242 e. The first-order valence-electron chi connectivity index (χ1n) is 8.87. The van der Waals surface area contributed by atoms with Gasteiger partial charge in [-0.15, -0.1) is 0 Å². The van der Waals surface area contributed by atoms with Gasteiger partial charge in [-0.2, -0.15) is 5.10 Å². The summed E-state index contributed by atoms with van der Waals surface area (Å²) in [6.07, 6.45) is 2.90. The van der Waals surface area contributed by atoms with E-state index in [-0.39, 0.29) is 21.6 Å². The fraction of sp³-hybridized carbons (Fsp3) is 0.143. The van der Waals surface area contributed by atoms with Crippen LogP contribution < -0.4 is 0 Å². The summed E-state index contributed by atoms with van der Waals surface area (Å²) in [4.78, 5) is 12.6. The number of ketones is 1. The molecular weight excluding hydrogens is 429 g/mol. The number of hydrogen-bond donors (Lipinski definition) is 0. The zero-order chi connectivity index (χ0) is 22.1. The number of carbonyl (C=O) groups is 1. The minimum Gasteiger partial charge on any atom is -0.289 e. The van der Waals surface area contributed by atoms with E-state index in [0.717, 1.165) is 4.31 Å². The first kappa shape index (κ1) is 21.9. The summed E-state index contributed by atoms with van der Waals surface area (Å²) in [7, 11) is -0.681. The van der Waals surface area contributed by atoms with Crippen LogP contribution in [0.15, 0.2) is 59.5 Å². The molecule has 3 rings (SSSR count). The zero-order valence-electron chi connectivity index (χ0n) is 16.5. The van der Waals surface area contributed by atoms with Crippen LogP contribution in [0.2, 0.25) is 5.15 Å². The highest BCUT2D eigenvalue weighted by molar-refractivity contribution is 7.89. The molecule has 0 aliphatic carbocycles. The van der Waals surface area contributed by atoms with Crippen LogP contribution >= 0.6 is 11.6 Å². The van der Waals surface area contributed by atoms with Crippen molar-refractivity contribution in [3.63, 3.8) is 0 Å². The van der Waals surface area contributed by atoms with E-state index in [4.69, 9.17) is 11.6 Å². The zero-order valence-corrected chi connectivity index (χ0v) is 18.1. The van der Waals surface area contributed by atoms with E-state index in [0.29, 0.717) is 22.5 Å². The highest BCUT2D eigenvalue weighted by Crippen LogP contribution is 2.25. The maximum Gasteiger partial charge on any atom is 0.242 e. The van der Waals surface area contributed by atoms with Gasteiger partial charge in [0, 0.05) is 25.2 Å². The molecule has 0 atom stereocenters. The van der Waals surface area contributed by atoms with Gasteiger partial charge in [0.1, 0.15) is 11.0 Å². The van der Waals surface area contributed by atoms with Crippen molar-refractivity contribution in [2.75, 3.05) is 14.1 Å². The van der Waals surface area contributed by atoms with Crippen molar-refractivity contribution in [3.05, 3.63) is 82.4 Å². The second-order valence-corrected chi connectivity index (χ2v) is 9.20. The molecule has 6 nitrogen and oxygen atoms in total. The van der Waals surface area contributed by atoms with Crippen LogP contribution in [0.4, 0.5) is 4.39 Å². The lowest BCUT2D eigenvalue weighted by Gasteiger charge is -2.11. The molecule has 0 spiro atoms. The lowest BCUT2D eigenvalue weighted by atomic mass is 10.1. The third-order valence-corrected chi connectivity index (χ3v) is 6.63. The second kappa shape index (κ2) is 8.51. The Labute approximate surface area is 179 Å². The van der Waals surface area contributed by atoms with Crippen molar-refractivity contribution in [2.24, 2.45) is 0 Å². The quantitative estimate of drug-likeness (QED) is 0.421. The van der Waals surface area contributed by atoms with E-state index in [1.54, 1.807) is 25.1 Å². The Bertz CT molecular complexity index is 1220. The maximum atomic E-state index is 13.1. The van der Waals surface area contributed by atoms with Crippen molar-refractivity contribution >= 4 is 33.5 Å². The van der Waals surface area contributed by atoms with Gasteiger partial charge in [-0.05, 0) is 67.6 Å². The van der Waals surface area contributed by atoms with Crippen LogP contribution in [0.5, 0.6) is 0 Å². The highest BCUT2D eigenvalue weighted by Gasteiger charge is 2.17. The number of hydrogen-bond acceptors (Lipinski definition) is 4. The number of sulfonamides is 1. The van der Waals surface area contributed by atoms with Gasteiger partial charge in [0.25, 0.3) is 0 Å². The van der Waals surface area contributed by atoms with E-state index in [1.807, 2.05) is 0 Å². The molecule has 0 fully saturated rings. The minimum absolute atomic E-state index is 0.104. The molecule has 3 aromatic rings. The summed E-state index contributed by atoms with van der Waals surface area (Å²) in [6.45, 7) is 1.75. The van der Waals surface area contributed by atoms with Crippen LogP contribution in [0.25, 0.3) is 11.8 Å². The lowest BCUT2D eigenvalue weighted by Crippen LogP contribution is -2.22. The predicted octanol–water partition coefficient (Wildman–Crippen LogP) is 4.12. The molecule has 0 radical (unpaired) electrons. The first-order valence-corrected chi connectivity index (χ1v) is 10.7. The molecular formula is C21H19ClFN3O3S. The number of aryl methyl sites for hydroxylation is 1. The molecule has 2 aromatic carbocycles. The average molecular weight is 448 g/mol. The summed E-state index contributed by atoms with van der Waals surface area (Å²) >= 11 is 6.41. The van der Waals surface area contributed by atoms with Gasteiger partial charge in [-0.25, -0.2) is 21.8 Å². The number of allylic oxidation sites excluding steroid dienone is 1. The molecule has 0 aliphatic rings. The molecule has 1 heterocycles. The van der Waals surface area contributed by atoms with E-state index < -0.39 is 10.0 Å². The van der Waals surface area contributed by atoms with Crippen LogP contribution in [0, 0.1) is 12.7 Å². The molecule has 156 valence electrons. The van der Waals surface area contributed by atoms with Crippen molar-refractivity contribution in [1.29, 1.82) is 0 Å². The van der Waals surface area contributed by atoms with Gasteiger partial charge >= 0.3 is 0 Å². The summed E-state index contributed by atoms with van der Waals surface area (Å²) < 4.78 is 39.9. The number of rotatable bonds is 6. The van der Waals surface area contributed by atoms with Crippen molar-refractivity contribution in [3.8, 4) is 5.69 Å². The Morgan fingerprint density at radius 1 is 1.10 bits per heavy atom. The third-order valence-electron chi connectivity index (χ3n) is 4.44. The Hall–Kier alpha value is -2.81. The second-order valence-electron chi connectivity index (χ2n) is 6.69. The summed E-state index contributed by atoms with van der Waals surface area (Å²) in [5.41, 5.74) is 2.08. The molecule has 30 heavy (non-hydrogen) atoms. The lowest BCUT2D eigenvalue weighted by molar-refractivity contribution is 0.104. The number of nitrogens with zero attached hydrogens (tertiary/aromatic N) is 3. The molecule has 1 aromatic heterocycles. The van der Waals surface area contributed by atoms with E-state index in [2.05, 4.69) is 5.10 Å². The fourth-order valence-electron chi connectivity index (χ4n) is 2.71. The van der Waals surface area contributed by atoms with Gasteiger partial charge in [-0.3, -0.25) is 4.79 Å². The molecule has 0 N–H and O–H groups in total. The topological polar surface area (TPSA) is 72.3 Å². The molecule has 0 saturated carbocycles. The van der Waals surface area contributed by atoms with Crippen LogP contribution in [-0.2, 0) is 10.0 Å². The van der Waals surface area contributed by atoms with Gasteiger partial charge in [0.15, 0.2) is 5.78 Å². The Kier molecular flexibility index (Phi) is 6.21. The van der Waals surface area contributed by atoms with Crippen LogP contribution in [0.3, 0.4) is 0 Å². The molecule has 9 heteroatoms. The molecule has 0 amide bonds. The van der Waals surface area contributed by atoms with Gasteiger partial charge in [0.2, 0.25) is 10.0 Å².